The summed E-state index contributed by atoms with van der Waals surface area (Å²) >= 11 is 6.10. The molecule has 0 aliphatic rings. The van der Waals surface area contributed by atoms with Crippen molar-refractivity contribution < 1.29 is 88.6 Å². The second-order valence-electron chi connectivity index (χ2n) is 28.3. The van der Waals surface area contributed by atoms with Crippen LogP contribution in [0.3, 0.4) is 0 Å². The van der Waals surface area contributed by atoms with Crippen molar-refractivity contribution in [3.63, 3.8) is 0 Å². The monoisotopic (exact) mass is 1780 g/mol. The average Bonchev–Trinajstić information content (AvgIpc) is 0.793. The largest absolute Gasteiger partial charge is 0.507 e. The maximum Gasteiger partial charge on any atom is 0.337 e. The van der Waals surface area contributed by atoms with E-state index in [1.165, 1.54) is 77.0 Å². The van der Waals surface area contributed by atoms with Crippen molar-refractivity contribution in [3.8, 4) is 194 Å². The lowest BCUT2D eigenvalue weighted by molar-refractivity contribution is -0.384. The number of halogens is 1. The van der Waals surface area contributed by atoms with Crippen molar-refractivity contribution in [2.24, 2.45) is 0 Å². The molecule has 0 spiro atoms. The minimum atomic E-state index is -0.597. The molecule has 0 unspecified atom stereocenters. The summed E-state index contributed by atoms with van der Waals surface area (Å²) in [5, 5.41) is 94.7. The van der Waals surface area contributed by atoms with E-state index in [-0.39, 0.29) is 115 Å². The topological polar surface area (TPSA) is 474 Å². The van der Waals surface area contributed by atoms with Crippen molar-refractivity contribution >= 4 is 41.2 Å². The maximum atomic E-state index is 11.8. The van der Waals surface area contributed by atoms with E-state index in [2.05, 4.69) is 59.8 Å². The van der Waals surface area contributed by atoms with Gasteiger partial charge in [0.25, 0.3) is 5.69 Å². The van der Waals surface area contributed by atoms with Crippen LogP contribution in [0.5, 0.6) is 57.5 Å². The molecule has 32 nitrogen and oxygen atoms in total. The SMILES string of the molecule is COC(=O)c1ccc(-c2nc(-c3ccccc3O)nc(-c3cc(C)ccc3O)n2)cc1.COC(=O)c1ccc(-c2nc(-c3ccccc3O)nc(-c3cc(Cl)ccc3O)n2)cc1.COC(=O)c1ccc(-c2nc(-c3ccccc3O)nc(-c3cc(Oc4ccccc4)ccc3O)n2)cc1.COC(=O)c1ccc(-c2nc(-c3ccccc3O)nc(-c3cc([N+](=O)[O-])ccc3O)n2)cc1. The molecule has 4 heterocycles. The number of carbonyl (C=O) groups excluding carboxylic acids is 4. The van der Waals surface area contributed by atoms with Crippen molar-refractivity contribution in [3.05, 3.63) is 340 Å². The van der Waals surface area contributed by atoms with E-state index in [1.807, 2.05) is 37.3 Å². The first kappa shape index (κ1) is 89.9. The van der Waals surface area contributed by atoms with E-state index in [0.29, 0.717) is 112 Å². The lowest BCUT2D eigenvalue weighted by Gasteiger charge is -2.12. The van der Waals surface area contributed by atoms with Crippen LogP contribution in [-0.2, 0) is 18.9 Å². The Bertz CT molecular complexity index is 6990. The number of aromatic nitrogens is 12. The molecular formula is C99H72ClN13O19. The van der Waals surface area contributed by atoms with Gasteiger partial charge in [0.1, 0.15) is 57.5 Å². The fraction of sp³-hybridized carbons (Fsp3) is 0.0505. The van der Waals surface area contributed by atoms with E-state index >= 15 is 0 Å². The molecule has 17 rings (SSSR count). The molecule has 17 aromatic rings. The number of non-ortho nitro benzene ring substituents is 1. The predicted molar refractivity (Wildman–Crippen MR) is 486 cm³/mol. The standard InChI is InChI=1S/C29H21N3O5.C24H19N3O4.C23H16ClN3O4.C23H16N4O6/c1-36-29(35)19-13-11-18(12-14-19)26-30-27(22-9-5-6-10-24(22)33)32-28(31-26)23-17-21(15-16-25(23)34)37-20-7-3-2-4-8-20;1-14-7-12-20(29)18(13-14)23-26-21(15-8-10-16(11-9-15)24(30)31-2)25-22(27-23)17-5-3-4-6-19(17)28;1-31-23(30)14-8-6-13(7-9-14)20-25-21(16-4-2-3-5-18(16)28)27-22(26-20)17-12-15(24)10-11-19(17)29;1-33-23(30)14-8-6-13(7-9-14)20-24-21(16-4-2-3-5-18(16)28)26-22(25-20)17-12-15(27(31)32)10-11-19(17)29/h2-17,33-34H,1H3;3-13,28-29H,1-2H3;2-12,28-29H,1H3;2-12,28-29H,1H3. The zero-order chi connectivity index (χ0) is 93.2. The molecule has 132 heavy (non-hydrogen) atoms. The Morgan fingerprint density at radius 2 is 0.515 bits per heavy atom. The Kier molecular flexibility index (Phi) is 27.8. The number of aromatic hydroxyl groups is 8. The van der Waals surface area contributed by atoms with E-state index in [1.54, 1.807) is 206 Å². The highest BCUT2D eigenvalue weighted by atomic mass is 35.5. The number of benzene rings is 13. The van der Waals surface area contributed by atoms with Crippen molar-refractivity contribution in [1.82, 2.24) is 59.8 Å². The van der Waals surface area contributed by atoms with Gasteiger partial charge in [-0.3, -0.25) is 10.1 Å². The van der Waals surface area contributed by atoms with Crippen LogP contribution in [-0.4, -0.2) is 158 Å². The number of esters is 4. The van der Waals surface area contributed by atoms with E-state index in [4.69, 9.17) is 35.3 Å². The number of phenols is 8. The molecule has 0 aliphatic heterocycles. The molecule has 8 N–H and O–H groups in total. The molecule has 0 atom stereocenters. The molecule has 0 fully saturated rings. The molecule has 0 radical (unpaired) electrons. The number of nitrogens with zero attached hydrogens (tertiary/aromatic N) is 13. The number of para-hydroxylation sites is 5. The van der Waals surface area contributed by atoms with Crippen LogP contribution in [0.15, 0.2) is 297 Å². The first-order chi connectivity index (χ1) is 63.8. The van der Waals surface area contributed by atoms with Crippen molar-refractivity contribution in [2.45, 2.75) is 6.92 Å². The fourth-order valence-corrected chi connectivity index (χ4v) is 13.0. The van der Waals surface area contributed by atoms with Gasteiger partial charge in [0.2, 0.25) is 0 Å². The second-order valence-corrected chi connectivity index (χ2v) is 28.7. The third kappa shape index (κ3) is 21.3. The molecule has 0 bridgehead atoms. The van der Waals surface area contributed by atoms with Gasteiger partial charge in [0.05, 0.1) is 100 Å². The van der Waals surface area contributed by atoms with Crippen LogP contribution < -0.4 is 4.74 Å². The zero-order valence-corrected chi connectivity index (χ0v) is 70.8. The number of hydrogen-bond donors (Lipinski definition) is 8. The molecule has 0 amide bonds. The number of methoxy groups -OCH3 is 4. The highest BCUT2D eigenvalue weighted by Gasteiger charge is 2.25. The average molecular weight is 1780 g/mol. The van der Waals surface area contributed by atoms with Crippen LogP contribution in [0.1, 0.15) is 47.0 Å². The molecule has 0 aliphatic carbocycles. The third-order valence-electron chi connectivity index (χ3n) is 19.6. The Balaban J connectivity index is 0.000000142. The van der Waals surface area contributed by atoms with Gasteiger partial charge in [-0.1, -0.05) is 138 Å². The van der Waals surface area contributed by atoms with Gasteiger partial charge in [0.15, 0.2) is 69.9 Å². The first-order valence-electron chi connectivity index (χ1n) is 39.6. The Morgan fingerprint density at radius 3 is 0.826 bits per heavy atom. The van der Waals surface area contributed by atoms with Crippen LogP contribution in [0.25, 0.3) is 137 Å². The summed E-state index contributed by atoms with van der Waals surface area (Å²) in [6.45, 7) is 1.90. The minimum absolute atomic E-state index is 0.00181. The molecule has 0 saturated carbocycles. The quantitative estimate of drug-likeness (QED) is 0.0161. The van der Waals surface area contributed by atoms with Gasteiger partial charge in [0, 0.05) is 39.4 Å². The van der Waals surface area contributed by atoms with E-state index in [0.717, 1.165) is 17.7 Å². The smallest absolute Gasteiger partial charge is 0.337 e. The zero-order valence-electron chi connectivity index (χ0n) is 70.1. The number of ether oxygens (including phenoxy) is 5. The summed E-state index contributed by atoms with van der Waals surface area (Å²) in [6, 6.07) is 79.8. The van der Waals surface area contributed by atoms with Crippen molar-refractivity contribution in [1.29, 1.82) is 0 Å². The number of nitro groups is 1. The molecule has 4 aromatic heterocycles. The van der Waals surface area contributed by atoms with E-state index < -0.39 is 28.8 Å². The number of phenolic OH excluding ortho intramolecular Hbond substituents is 8. The Labute approximate surface area is 755 Å². The fourth-order valence-electron chi connectivity index (χ4n) is 12.8. The normalized spacial score (nSPS) is 10.6. The van der Waals surface area contributed by atoms with Crippen molar-refractivity contribution in [2.75, 3.05) is 28.4 Å². The summed E-state index contributed by atoms with van der Waals surface area (Å²) in [4.78, 5) is 112. The molecule has 0 saturated heterocycles. The van der Waals surface area contributed by atoms with Gasteiger partial charge >= 0.3 is 23.9 Å². The van der Waals surface area contributed by atoms with Gasteiger partial charge in [-0.25, -0.2) is 79.0 Å². The van der Waals surface area contributed by atoms with Gasteiger partial charge in [-0.05, 0) is 171 Å². The molecule has 654 valence electrons. The molecular weight excluding hydrogens is 1710 g/mol. The number of aryl methyl sites for hydroxylation is 1. The molecule has 13 aromatic carbocycles. The minimum Gasteiger partial charge on any atom is -0.507 e. The summed E-state index contributed by atoms with van der Waals surface area (Å²) in [7, 11) is 5.22. The predicted octanol–water partition coefficient (Wildman–Crippen LogP) is 18.9. The summed E-state index contributed by atoms with van der Waals surface area (Å²) in [5.74, 6) is 1.32. The third-order valence-corrected chi connectivity index (χ3v) is 19.8. The van der Waals surface area contributed by atoms with Gasteiger partial charge in [-0.2, -0.15) is 0 Å². The number of hydrogen-bond acceptors (Lipinski definition) is 31. The van der Waals surface area contributed by atoms with Crippen LogP contribution >= 0.6 is 11.6 Å². The Morgan fingerprint density at radius 1 is 0.265 bits per heavy atom. The summed E-state index contributed by atoms with van der Waals surface area (Å²) in [6.07, 6.45) is 0. The molecule has 33 heteroatoms. The highest BCUT2D eigenvalue weighted by Crippen LogP contribution is 2.41. The summed E-state index contributed by atoms with van der Waals surface area (Å²) < 4.78 is 24.9. The van der Waals surface area contributed by atoms with E-state index in [9.17, 15) is 70.1 Å². The lowest BCUT2D eigenvalue weighted by atomic mass is 10.1. The van der Waals surface area contributed by atoms with Crippen LogP contribution in [0.4, 0.5) is 5.69 Å². The van der Waals surface area contributed by atoms with Gasteiger partial charge < -0.3 is 64.5 Å². The highest BCUT2D eigenvalue weighted by molar-refractivity contribution is 6.31. The first-order valence-corrected chi connectivity index (χ1v) is 39.9. The number of carbonyl (C=O) groups is 4. The second kappa shape index (κ2) is 40.8. The number of nitro benzene ring substituents is 1. The number of rotatable bonds is 19. The maximum absolute atomic E-state index is 11.8. The van der Waals surface area contributed by atoms with Crippen LogP contribution in [0, 0.1) is 17.0 Å². The van der Waals surface area contributed by atoms with Crippen LogP contribution in [0.2, 0.25) is 5.02 Å². The lowest BCUT2D eigenvalue weighted by Crippen LogP contribution is -2.02. The van der Waals surface area contributed by atoms with Gasteiger partial charge in [-0.15, -0.1) is 0 Å². The summed E-state index contributed by atoms with van der Waals surface area (Å²) in [5.41, 5.74) is 7.17. The Hall–Kier alpha value is -18.3.